The lowest BCUT2D eigenvalue weighted by atomic mass is 10.3. The number of aromatic nitrogens is 2. The first-order valence-corrected chi connectivity index (χ1v) is 5.78. The van der Waals surface area contributed by atoms with Crippen molar-refractivity contribution in [2.24, 2.45) is 0 Å². The van der Waals surface area contributed by atoms with E-state index in [-0.39, 0.29) is 6.01 Å². The van der Waals surface area contributed by atoms with Gasteiger partial charge in [-0.15, -0.1) is 0 Å². The van der Waals surface area contributed by atoms with Crippen LogP contribution in [0, 0.1) is 21.7 Å². The van der Waals surface area contributed by atoms with Crippen molar-refractivity contribution >= 4 is 5.69 Å². The van der Waals surface area contributed by atoms with E-state index in [1.54, 1.807) is 7.05 Å². The molecule has 0 aliphatic carbocycles. The molecular weight excluding hydrogens is 286 g/mol. The maximum Gasteiger partial charge on any atom is 0.321 e. The summed E-state index contributed by atoms with van der Waals surface area (Å²) in [6.07, 6.45) is 2.91. The van der Waals surface area contributed by atoms with Gasteiger partial charge in [0.05, 0.1) is 11.0 Å². The number of nitrogens with zero attached hydrogens (tertiary/aromatic N) is 3. The van der Waals surface area contributed by atoms with Gasteiger partial charge >= 0.3 is 11.7 Å². The van der Waals surface area contributed by atoms with Crippen molar-refractivity contribution in [3.63, 3.8) is 0 Å². The number of ether oxygens (including phenoxy) is 1. The van der Waals surface area contributed by atoms with E-state index in [2.05, 4.69) is 15.3 Å². The fourth-order valence-corrected chi connectivity index (χ4v) is 1.53. The molecule has 21 heavy (non-hydrogen) atoms. The Morgan fingerprint density at radius 2 is 1.95 bits per heavy atom. The third-order valence-corrected chi connectivity index (χ3v) is 2.46. The second kappa shape index (κ2) is 6.18. The maximum atomic E-state index is 13.6. The molecule has 0 saturated heterocycles. The minimum absolute atomic E-state index is 0.193. The largest absolute Gasteiger partial charge is 0.421 e. The van der Waals surface area contributed by atoms with Crippen LogP contribution in [0.5, 0.6) is 11.8 Å². The molecule has 0 radical (unpaired) electrons. The zero-order valence-corrected chi connectivity index (χ0v) is 10.8. The summed E-state index contributed by atoms with van der Waals surface area (Å²) in [5, 5.41) is 13.4. The van der Waals surface area contributed by atoms with Crippen LogP contribution in [0.1, 0.15) is 5.56 Å². The first-order valence-electron chi connectivity index (χ1n) is 5.78. The SMILES string of the molecule is CNCc1cnc(Oc2cc(F)c([N+](=O)[O-])cc2F)nc1. The molecule has 2 rings (SSSR count). The third-order valence-electron chi connectivity index (χ3n) is 2.46. The zero-order chi connectivity index (χ0) is 15.4. The maximum absolute atomic E-state index is 13.6. The molecule has 1 heterocycles. The summed E-state index contributed by atoms with van der Waals surface area (Å²) >= 11 is 0. The van der Waals surface area contributed by atoms with Gasteiger partial charge in [-0.2, -0.15) is 4.39 Å². The molecule has 0 spiro atoms. The normalized spacial score (nSPS) is 10.4. The van der Waals surface area contributed by atoms with Crippen LogP contribution in [0.25, 0.3) is 0 Å². The van der Waals surface area contributed by atoms with Crippen molar-refractivity contribution in [1.82, 2.24) is 15.3 Å². The molecule has 1 aromatic carbocycles. The van der Waals surface area contributed by atoms with Crippen molar-refractivity contribution in [1.29, 1.82) is 0 Å². The van der Waals surface area contributed by atoms with Gasteiger partial charge in [0.15, 0.2) is 11.6 Å². The summed E-state index contributed by atoms with van der Waals surface area (Å²) in [5.41, 5.74) is -0.190. The highest BCUT2D eigenvalue weighted by Crippen LogP contribution is 2.28. The average Bonchev–Trinajstić information content (AvgIpc) is 2.44. The molecule has 9 heteroatoms. The van der Waals surface area contributed by atoms with Crippen molar-refractivity contribution in [2.45, 2.75) is 6.54 Å². The highest BCUT2D eigenvalue weighted by Gasteiger charge is 2.20. The van der Waals surface area contributed by atoms with Crippen LogP contribution < -0.4 is 10.1 Å². The van der Waals surface area contributed by atoms with E-state index >= 15 is 0 Å². The minimum atomic E-state index is -1.21. The summed E-state index contributed by atoms with van der Waals surface area (Å²) in [4.78, 5) is 17.1. The van der Waals surface area contributed by atoms with Crippen LogP contribution in [-0.4, -0.2) is 21.9 Å². The van der Waals surface area contributed by atoms with E-state index in [4.69, 9.17) is 4.74 Å². The number of rotatable bonds is 5. The molecule has 2 aromatic rings. The van der Waals surface area contributed by atoms with E-state index in [1.807, 2.05) is 0 Å². The number of hydrogen-bond acceptors (Lipinski definition) is 6. The van der Waals surface area contributed by atoms with Gasteiger partial charge in [0.2, 0.25) is 5.82 Å². The van der Waals surface area contributed by atoms with Crippen molar-refractivity contribution in [3.05, 3.63) is 51.8 Å². The second-order valence-corrected chi connectivity index (χ2v) is 4.00. The van der Waals surface area contributed by atoms with Crippen molar-refractivity contribution < 1.29 is 18.4 Å². The van der Waals surface area contributed by atoms with Crippen LogP contribution in [0.15, 0.2) is 24.5 Å². The smallest absolute Gasteiger partial charge is 0.321 e. The summed E-state index contributed by atoms with van der Waals surface area (Å²) in [7, 11) is 1.75. The molecular formula is C12H10F2N4O3. The molecule has 0 fully saturated rings. The van der Waals surface area contributed by atoms with Gasteiger partial charge in [-0.25, -0.2) is 14.4 Å². The molecule has 0 bridgehead atoms. The van der Waals surface area contributed by atoms with Crippen LogP contribution in [0.2, 0.25) is 0 Å². The van der Waals surface area contributed by atoms with E-state index < -0.39 is 28.0 Å². The highest BCUT2D eigenvalue weighted by atomic mass is 19.1. The van der Waals surface area contributed by atoms with Crippen LogP contribution in [0.3, 0.4) is 0 Å². The lowest BCUT2D eigenvalue weighted by Crippen LogP contribution is -2.06. The number of benzene rings is 1. The number of halogens is 2. The molecule has 0 unspecified atom stereocenters. The quantitative estimate of drug-likeness (QED) is 0.671. The Labute approximate surface area is 117 Å². The predicted molar refractivity (Wildman–Crippen MR) is 67.9 cm³/mol. The highest BCUT2D eigenvalue weighted by molar-refractivity contribution is 5.40. The van der Waals surface area contributed by atoms with Gasteiger partial charge in [-0.3, -0.25) is 10.1 Å². The summed E-state index contributed by atoms with van der Waals surface area (Å²) in [5.74, 6) is -2.81. The average molecular weight is 296 g/mol. The Kier molecular flexibility index (Phi) is 4.33. The number of nitrogens with one attached hydrogen (secondary N) is 1. The fourth-order valence-electron chi connectivity index (χ4n) is 1.53. The number of nitro groups is 1. The zero-order valence-electron chi connectivity index (χ0n) is 10.8. The third kappa shape index (κ3) is 3.45. The summed E-state index contributed by atoms with van der Waals surface area (Å²) in [6, 6.07) is 0.834. The lowest BCUT2D eigenvalue weighted by Gasteiger charge is -2.06. The Morgan fingerprint density at radius 1 is 1.29 bits per heavy atom. The molecule has 0 amide bonds. The van der Waals surface area contributed by atoms with Gasteiger partial charge < -0.3 is 10.1 Å². The van der Waals surface area contributed by atoms with E-state index in [9.17, 15) is 18.9 Å². The van der Waals surface area contributed by atoms with Crippen LogP contribution in [0.4, 0.5) is 14.5 Å². The van der Waals surface area contributed by atoms with Gasteiger partial charge in [0, 0.05) is 30.6 Å². The lowest BCUT2D eigenvalue weighted by molar-refractivity contribution is -0.387. The van der Waals surface area contributed by atoms with Gasteiger partial charge in [0.1, 0.15) is 0 Å². The van der Waals surface area contributed by atoms with Crippen molar-refractivity contribution in [2.75, 3.05) is 7.05 Å². The van der Waals surface area contributed by atoms with Gasteiger partial charge in [0.25, 0.3) is 0 Å². The molecule has 110 valence electrons. The summed E-state index contributed by atoms with van der Waals surface area (Å²) in [6.45, 7) is 0.542. The first-order chi connectivity index (χ1) is 10.0. The van der Waals surface area contributed by atoms with Gasteiger partial charge in [-0.05, 0) is 7.05 Å². The molecule has 1 N–H and O–H groups in total. The second-order valence-electron chi connectivity index (χ2n) is 4.00. The van der Waals surface area contributed by atoms with E-state index in [0.717, 1.165) is 5.56 Å². The Morgan fingerprint density at radius 3 is 2.52 bits per heavy atom. The van der Waals surface area contributed by atoms with E-state index in [1.165, 1.54) is 12.4 Å². The topological polar surface area (TPSA) is 90.2 Å². The monoisotopic (exact) mass is 296 g/mol. The van der Waals surface area contributed by atoms with E-state index in [0.29, 0.717) is 18.7 Å². The first kappa shape index (κ1) is 14.7. The predicted octanol–water partition coefficient (Wildman–Crippen LogP) is 2.17. The standard InChI is InChI=1S/C12H10F2N4O3/c1-15-4-7-5-16-12(17-6-7)21-11-3-8(13)10(18(19)20)2-9(11)14/h2-3,5-6,15H,4H2,1H3. The van der Waals surface area contributed by atoms with Crippen LogP contribution >= 0.6 is 0 Å². The number of nitro benzene ring substituents is 1. The molecule has 0 atom stereocenters. The van der Waals surface area contributed by atoms with Crippen LogP contribution in [-0.2, 0) is 6.54 Å². The molecule has 0 aliphatic rings. The van der Waals surface area contributed by atoms with Gasteiger partial charge in [-0.1, -0.05) is 0 Å². The fraction of sp³-hybridized carbons (Fsp3) is 0.167. The molecule has 7 nitrogen and oxygen atoms in total. The Bertz CT molecular complexity index is 664. The minimum Gasteiger partial charge on any atom is -0.421 e. The van der Waals surface area contributed by atoms with Crippen molar-refractivity contribution in [3.8, 4) is 11.8 Å². The molecule has 0 saturated carbocycles. The Balaban J connectivity index is 2.23. The molecule has 1 aromatic heterocycles. The summed E-state index contributed by atoms with van der Waals surface area (Å²) < 4.78 is 32.0. The number of hydrogen-bond donors (Lipinski definition) is 1. The molecule has 0 aliphatic heterocycles. The Hall–Kier alpha value is -2.68.